The van der Waals surface area contributed by atoms with Gasteiger partial charge in [0.25, 0.3) is 5.56 Å². The molecule has 0 spiro atoms. The van der Waals surface area contributed by atoms with E-state index in [-0.39, 0.29) is 5.56 Å². The van der Waals surface area contributed by atoms with Gasteiger partial charge >= 0.3 is 0 Å². The minimum Gasteiger partial charge on any atom is -0.384 e. The van der Waals surface area contributed by atoms with Crippen molar-refractivity contribution in [1.82, 2.24) is 9.78 Å². The van der Waals surface area contributed by atoms with Crippen molar-refractivity contribution in [2.45, 2.75) is 25.2 Å². The van der Waals surface area contributed by atoms with Crippen molar-refractivity contribution in [2.75, 3.05) is 5.73 Å². The summed E-state index contributed by atoms with van der Waals surface area (Å²) in [5, 5.41) is 2.66. The first kappa shape index (κ1) is 7.46. The van der Waals surface area contributed by atoms with Crippen LogP contribution in [0.25, 0.3) is 0 Å². The molecule has 1 fully saturated rings. The normalized spacial score (nSPS) is 17.8. The second-order valence-electron chi connectivity index (χ2n) is 3.43. The molecule has 4 nitrogen and oxygen atoms in total. The molecule has 1 saturated carbocycles. The van der Waals surface area contributed by atoms with Crippen molar-refractivity contribution < 1.29 is 0 Å². The lowest BCUT2D eigenvalue weighted by molar-refractivity contribution is 0.419. The summed E-state index contributed by atoms with van der Waals surface area (Å²) in [7, 11) is 1.76. The van der Waals surface area contributed by atoms with Gasteiger partial charge in [0.15, 0.2) is 0 Å². The number of nitrogens with zero attached hydrogens (tertiary/aromatic N) is 1. The van der Waals surface area contributed by atoms with Crippen LogP contribution in [0.2, 0.25) is 0 Å². The van der Waals surface area contributed by atoms with E-state index < -0.39 is 0 Å². The molecule has 66 valence electrons. The highest BCUT2D eigenvalue weighted by atomic mass is 16.1. The van der Waals surface area contributed by atoms with Crippen LogP contribution in [-0.2, 0) is 7.05 Å². The Labute approximate surface area is 70.4 Å². The summed E-state index contributed by atoms with van der Waals surface area (Å²) in [5.74, 6) is 1.01. The molecule has 0 amide bonds. The van der Waals surface area contributed by atoms with Crippen LogP contribution in [0.1, 0.15) is 30.7 Å². The summed E-state index contributed by atoms with van der Waals surface area (Å²) < 4.78 is 1.59. The van der Waals surface area contributed by atoms with E-state index in [1.807, 2.05) is 0 Å². The van der Waals surface area contributed by atoms with Crippen LogP contribution < -0.4 is 11.3 Å². The lowest BCUT2D eigenvalue weighted by atomic mass is 9.81. The van der Waals surface area contributed by atoms with Crippen molar-refractivity contribution in [3.8, 4) is 0 Å². The quantitative estimate of drug-likeness (QED) is 0.642. The highest BCUT2D eigenvalue weighted by Crippen LogP contribution is 2.36. The fourth-order valence-electron chi connectivity index (χ4n) is 1.66. The summed E-state index contributed by atoms with van der Waals surface area (Å²) in [4.78, 5) is 11.3. The van der Waals surface area contributed by atoms with Gasteiger partial charge in [-0.05, 0) is 18.8 Å². The molecule has 4 heteroatoms. The summed E-state index contributed by atoms with van der Waals surface area (Å²) in [5.41, 5.74) is 6.53. The van der Waals surface area contributed by atoms with Crippen molar-refractivity contribution in [3.63, 3.8) is 0 Å². The molecule has 0 unspecified atom stereocenters. The molecule has 1 heterocycles. The van der Waals surface area contributed by atoms with Crippen LogP contribution in [0.4, 0.5) is 5.82 Å². The highest BCUT2D eigenvalue weighted by molar-refractivity contribution is 5.41. The molecule has 0 aliphatic heterocycles. The Morgan fingerprint density at radius 2 is 2.25 bits per heavy atom. The molecule has 0 saturated heterocycles. The van der Waals surface area contributed by atoms with Gasteiger partial charge in [0, 0.05) is 7.05 Å². The Bertz CT molecular complexity index is 346. The number of H-pyrrole nitrogens is 1. The van der Waals surface area contributed by atoms with Crippen molar-refractivity contribution in [3.05, 3.63) is 15.9 Å². The molecule has 3 N–H and O–H groups in total. The van der Waals surface area contributed by atoms with E-state index in [1.165, 1.54) is 6.42 Å². The van der Waals surface area contributed by atoms with E-state index >= 15 is 0 Å². The molecule has 1 aliphatic carbocycles. The fraction of sp³-hybridized carbons (Fsp3) is 0.625. The van der Waals surface area contributed by atoms with E-state index in [9.17, 15) is 4.79 Å². The lowest BCUT2D eigenvalue weighted by Crippen LogP contribution is -2.17. The molecular weight excluding hydrogens is 154 g/mol. The third-order valence-electron chi connectivity index (χ3n) is 2.66. The van der Waals surface area contributed by atoms with Crippen molar-refractivity contribution in [1.29, 1.82) is 0 Å². The molecule has 1 aliphatic rings. The molecule has 1 aromatic heterocycles. The number of nitrogens with one attached hydrogen (secondary N) is 1. The number of hydrogen-bond acceptors (Lipinski definition) is 2. The van der Waals surface area contributed by atoms with Crippen LogP contribution in [-0.4, -0.2) is 9.78 Å². The van der Waals surface area contributed by atoms with Gasteiger partial charge < -0.3 is 5.73 Å². The number of aryl methyl sites for hydroxylation is 1. The summed E-state index contributed by atoms with van der Waals surface area (Å²) >= 11 is 0. The molecule has 1 aromatic rings. The fourth-order valence-corrected chi connectivity index (χ4v) is 1.66. The third-order valence-corrected chi connectivity index (χ3v) is 2.66. The maximum Gasteiger partial charge on any atom is 0.269 e. The molecule has 0 radical (unpaired) electrons. The van der Waals surface area contributed by atoms with Gasteiger partial charge in [0.2, 0.25) is 0 Å². The number of nitrogens with two attached hydrogens (primary N) is 1. The SMILES string of the molecule is Cn1[nH]c(=O)c(C2CCC2)c1N. The van der Waals surface area contributed by atoms with E-state index in [2.05, 4.69) is 5.10 Å². The zero-order valence-electron chi connectivity index (χ0n) is 7.13. The zero-order valence-corrected chi connectivity index (χ0v) is 7.13. The number of aromatic nitrogens is 2. The maximum atomic E-state index is 11.3. The number of hydrogen-bond donors (Lipinski definition) is 2. The van der Waals surface area contributed by atoms with Gasteiger partial charge in [-0.15, -0.1) is 0 Å². The van der Waals surface area contributed by atoms with Gasteiger partial charge in [-0.25, -0.2) is 0 Å². The number of aromatic amines is 1. The van der Waals surface area contributed by atoms with Crippen molar-refractivity contribution in [2.24, 2.45) is 7.05 Å². The standard InChI is InChI=1S/C8H13N3O/c1-11-7(9)6(8(12)10-11)5-3-2-4-5/h5H,2-4,9H2,1H3,(H,10,12). The van der Waals surface area contributed by atoms with Gasteiger partial charge in [-0.1, -0.05) is 6.42 Å². The van der Waals surface area contributed by atoms with E-state index in [1.54, 1.807) is 11.7 Å². The Hall–Kier alpha value is -1.19. The van der Waals surface area contributed by atoms with Crippen LogP contribution in [0.15, 0.2) is 4.79 Å². The van der Waals surface area contributed by atoms with Gasteiger partial charge in [-0.3, -0.25) is 14.6 Å². The van der Waals surface area contributed by atoms with Crippen molar-refractivity contribution >= 4 is 5.82 Å². The predicted octanol–water partition coefficient (Wildman–Crippen LogP) is 0.563. The second-order valence-corrected chi connectivity index (χ2v) is 3.43. The highest BCUT2D eigenvalue weighted by Gasteiger charge is 2.26. The third kappa shape index (κ3) is 0.873. The molecular formula is C8H13N3O. The van der Waals surface area contributed by atoms with Crippen LogP contribution in [0.3, 0.4) is 0 Å². The number of rotatable bonds is 1. The maximum absolute atomic E-state index is 11.3. The Balaban J connectivity index is 2.47. The average molecular weight is 167 g/mol. The molecule has 0 aromatic carbocycles. The molecule has 2 rings (SSSR count). The Kier molecular flexibility index (Phi) is 1.49. The van der Waals surface area contributed by atoms with E-state index in [4.69, 9.17) is 5.73 Å². The topological polar surface area (TPSA) is 63.8 Å². The largest absolute Gasteiger partial charge is 0.384 e. The van der Waals surface area contributed by atoms with Gasteiger partial charge in [0.1, 0.15) is 5.82 Å². The van der Waals surface area contributed by atoms with E-state index in [0.29, 0.717) is 11.7 Å². The molecule has 0 bridgehead atoms. The van der Waals surface area contributed by atoms with E-state index in [0.717, 1.165) is 18.4 Å². The Morgan fingerprint density at radius 1 is 1.58 bits per heavy atom. The van der Waals surface area contributed by atoms with Crippen LogP contribution in [0.5, 0.6) is 0 Å². The zero-order chi connectivity index (χ0) is 8.72. The van der Waals surface area contributed by atoms with Gasteiger partial charge in [0.05, 0.1) is 5.56 Å². The Morgan fingerprint density at radius 3 is 2.58 bits per heavy atom. The predicted molar refractivity (Wildman–Crippen MR) is 47.0 cm³/mol. The van der Waals surface area contributed by atoms with Crippen LogP contribution in [0, 0.1) is 0 Å². The average Bonchev–Trinajstić information content (AvgIpc) is 2.13. The first-order valence-corrected chi connectivity index (χ1v) is 4.24. The summed E-state index contributed by atoms with van der Waals surface area (Å²) in [6, 6.07) is 0. The lowest BCUT2D eigenvalue weighted by Gasteiger charge is -2.23. The molecule has 12 heavy (non-hydrogen) atoms. The van der Waals surface area contributed by atoms with Crippen LogP contribution >= 0.6 is 0 Å². The molecule has 0 atom stereocenters. The minimum atomic E-state index is -0.0142. The van der Waals surface area contributed by atoms with Gasteiger partial charge in [-0.2, -0.15) is 0 Å². The summed E-state index contributed by atoms with van der Waals surface area (Å²) in [6.07, 6.45) is 3.44. The smallest absolute Gasteiger partial charge is 0.269 e. The monoisotopic (exact) mass is 167 g/mol. The number of anilines is 1. The first-order chi connectivity index (χ1) is 5.70. The number of nitrogen functional groups attached to an aromatic ring is 1. The second kappa shape index (κ2) is 2.40. The summed E-state index contributed by atoms with van der Waals surface area (Å²) in [6.45, 7) is 0. The minimum absolute atomic E-state index is 0.0142. The first-order valence-electron chi connectivity index (χ1n) is 4.24.